The monoisotopic (exact) mass is 248 g/mol. The topological polar surface area (TPSA) is 20.2 Å². The minimum Gasteiger partial charge on any atom is -0.392 e. The number of aliphatic hydroxyl groups excluding tert-OH is 1. The number of hydrogen-bond acceptors (Lipinski definition) is 1. The second-order valence-electron chi connectivity index (χ2n) is 3.81. The minimum absolute atomic E-state index is 0.198. The largest absolute Gasteiger partial charge is 0.395 e. The van der Waals surface area contributed by atoms with E-state index in [1.807, 2.05) is 0 Å². The normalized spacial score (nSPS) is 27.8. The average molecular weight is 248 g/mol. The van der Waals surface area contributed by atoms with Crippen LogP contribution in [0.3, 0.4) is 0 Å². The first-order valence-corrected chi connectivity index (χ1v) is 4.58. The maximum atomic E-state index is 12.3. The van der Waals surface area contributed by atoms with Crippen molar-refractivity contribution in [1.82, 2.24) is 0 Å². The first-order valence-electron chi connectivity index (χ1n) is 4.58. The lowest BCUT2D eigenvalue weighted by molar-refractivity contribution is -0.205. The molecule has 0 aromatic carbocycles. The molecule has 94 valence electrons. The first-order chi connectivity index (χ1) is 7.14. The molecular weight excluding hydrogens is 238 g/mol. The minimum atomic E-state index is -4.69. The number of aliphatic hydroxyl groups is 1. The highest BCUT2D eigenvalue weighted by molar-refractivity contribution is 5.12. The fourth-order valence-electron chi connectivity index (χ4n) is 1.72. The van der Waals surface area contributed by atoms with E-state index in [1.165, 1.54) is 0 Å². The van der Waals surface area contributed by atoms with Crippen molar-refractivity contribution < 1.29 is 31.4 Å². The van der Waals surface area contributed by atoms with Crippen LogP contribution in [0.1, 0.15) is 12.8 Å². The van der Waals surface area contributed by atoms with E-state index < -0.39 is 43.6 Å². The summed E-state index contributed by atoms with van der Waals surface area (Å²) >= 11 is 0. The van der Waals surface area contributed by atoms with E-state index in [0.717, 1.165) is 0 Å². The van der Waals surface area contributed by atoms with Gasteiger partial charge in [-0.15, -0.1) is 0 Å². The molecule has 1 nitrogen and oxygen atoms in total. The highest BCUT2D eigenvalue weighted by Crippen LogP contribution is 2.44. The van der Waals surface area contributed by atoms with Gasteiger partial charge in [-0.25, -0.2) is 0 Å². The van der Waals surface area contributed by atoms with Gasteiger partial charge in [-0.05, 0) is 18.4 Å². The molecule has 1 N–H and O–H groups in total. The number of halogens is 6. The number of hydrogen-bond donors (Lipinski definition) is 1. The lowest BCUT2D eigenvalue weighted by Gasteiger charge is -2.30. The van der Waals surface area contributed by atoms with Crippen molar-refractivity contribution in [2.75, 3.05) is 6.61 Å². The van der Waals surface area contributed by atoms with Crippen molar-refractivity contribution in [3.63, 3.8) is 0 Å². The summed E-state index contributed by atoms with van der Waals surface area (Å²) in [5.41, 5.74) is -0.198. The second-order valence-corrected chi connectivity index (χ2v) is 3.81. The van der Waals surface area contributed by atoms with Crippen molar-refractivity contribution in [3.05, 3.63) is 11.6 Å². The molecule has 1 aliphatic rings. The third-order valence-corrected chi connectivity index (χ3v) is 2.57. The van der Waals surface area contributed by atoms with Gasteiger partial charge in [-0.2, -0.15) is 26.3 Å². The van der Waals surface area contributed by atoms with Crippen molar-refractivity contribution in [1.29, 1.82) is 0 Å². The summed E-state index contributed by atoms with van der Waals surface area (Å²) in [5.74, 6) is -4.14. The molecule has 0 saturated carbocycles. The zero-order valence-corrected chi connectivity index (χ0v) is 8.07. The summed E-state index contributed by atoms with van der Waals surface area (Å²) in [7, 11) is 0. The van der Waals surface area contributed by atoms with Crippen LogP contribution in [0.5, 0.6) is 0 Å². The van der Waals surface area contributed by atoms with Gasteiger partial charge in [0.25, 0.3) is 0 Å². The molecule has 2 atom stereocenters. The number of allylic oxidation sites excluding steroid dienone is 1. The van der Waals surface area contributed by atoms with Gasteiger partial charge in [0.05, 0.1) is 18.4 Å². The van der Waals surface area contributed by atoms with E-state index >= 15 is 0 Å². The van der Waals surface area contributed by atoms with Crippen molar-refractivity contribution >= 4 is 0 Å². The smallest absolute Gasteiger partial charge is 0.392 e. The quantitative estimate of drug-likeness (QED) is 0.558. The fraction of sp³-hybridized carbons (Fsp3) is 0.778. The highest BCUT2D eigenvalue weighted by atomic mass is 19.4. The molecule has 0 aromatic rings. The van der Waals surface area contributed by atoms with Crippen LogP contribution in [0, 0.1) is 11.8 Å². The Hall–Kier alpha value is -0.720. The standard InChI is InChI=1S/C9H10F6O/c10-8(11,12)6-1-5(4-16)2-7(3-6)9(13,14)15/h1,6-7,16H,2-4H2. The molecule has 2 unspecified atom stereocenters. The molecule has 0 fully saturated rings. The molecule has 7 heteroatoms. The molecule has 0 radical (unpaired) electrons. The van der Waals surface area contributed by atoms with E-state index in [1.54, 1.807) is 0 Å². The summed E-state index contributed by atoms with van der Waals surface area (Å²) in [6.07, 6.45) is -10.2. The van der Waals surface area contributed by atoms with Gasteiger partial charge < -0.3 is 5.11 Å². The van der Waals surface area contributed by atoms with Crippen molar-refractivity contribution in [2.45, 2.75) is 25.2 Å². The van der Waals surface area contributed by atoms with Crippen LogP contribution in [0.2, 0.25) is 0 Å². The molecule has 0 amide bonds. The van der Waals surface area contributed by atoms with Crippen LogP contribution in [0.4, 0.5) is 26.3 Å². The van der Waals surface area contributed by atoms with Crippen LogP contribution in [-0.4, -0.2) is 24.1 Å². The van der Waals surface area contributed by atoms with E-state index in [4.69, 9.17) is 5.11 Å². The first kappa shape index (κ1) is 13.3. The van der Waals surface area contributed by atoms with E-state index in [9.17, 15) is 26.3 Å². The van der Waals surface area contributed by atoms with E-state index in [2.05, 4.69) is 0 Å². The van der Waals surface area contributed by atoms with Crippen molar-refractivity contribution in [2.24, 2.45) is 11.8 Å². The third-order valence-electron chi connectivity index (χ3n) is 2.57. The maximum absolute atomic E-state index is 12.3. The van der Waals surface area contributed by atoms with Crippen LogP contribution in [-0.2, 0) is 0 Å². The molecule has 0 spiro atoms. The fourth-order valence-corrected chi connectivity index (χ4v) is 1.72. The zero-order chi connectivity index (χ0) is 12.6. The predicted octanol–water partition coefficient (Wildman–Crippen LogP) is 3.06. The second kappa shape index (κ2) is 4.27. The molecule has 0 saturated heterocycles. The zero-order valence-electron chi connectivity index (χ0n) is 8.07. The molecule has 1 rings (SSSR count). The van der Waals surface area contributed by atoms with E-state index in [-0.39, 0.29) is 5.57 Å². The molecule has 0 heterocycles. The van der Waals surface area contributed by atoms with Gasteiger partial charge in [0.15, 0.2) is 0 Å². The molecule has 0 aliphatic heterocycles. The van der Waals surface area contributed by atoms with Gasteiger partial charge >= 0.3 is 12.4 Å². The summed E-state index contributed by atoms with van der Waals surface area (Å²) in [6, 6.07) is 0. The SMILES string of the molecule is OCC1=CC(C(F)(F)F)CC(C(F)(F)F)C1. The van der Waals surface area contributed by atoms with Gasteiger partial charge in [0, 0.05) is 0 Å². The highest BCUT2D eigenvalue weighted by Gasteiger charge is 2.49. The molecule has 0 bridgehead atoms. The summed E-state index contributed by atoms with van der Waals surface area (Å²) < 4.78 is 74.0. The van der Waals surface area contributed by atoms with Gasteiger partial charge in [0.2, 0.25) is 0 Å². The van der Waals surface area contributed by atoms with Crippen LogP contribution < -0.4 is 0 Å². The summed E-state index contributed by atoms with van der Waals surface area (Å²) in [6.45, 7) is -0.765. The van der Waals surface area contributed by atoms with Crippen LogP contribution in [0.15, 0.2) is 11.6 Å². The van der Waals surface area contributed by atoms with E-state index in [0.29, 0.717) is 6.08 Å². The van der Waals surface area contributed by atoms with Gasteiger partial charge in [0.1, 0.15) is 0 Å². The Morgan fingerprint density at radius 2 is 1.69 bits per heavy atom. The van der Waals surface area contributed by atoms with Gasteiger partial charge in [-0.1, -0.05) is 6.08 Å². The van der Waals surface area contributed by atoms with Crippen molar-refractivity contribution in [3.8, 4) is 0 Å². The Labute approximate surface area is 87.8 Å². The average Bonchev–Trinajstić information content (AvgIpc) is 2.14. The summed E-state index contributed by atoms with van der Waals surface area (Å²) in [5, 5.41) is 8.66. The Kier molecular flexibility index (Phi) is 3.56. The predicted molar refractivity (Wildman–Crippen MR) is 43.5 cm³/mol. The lowest BCUT2D eigenvalue weighted by Crippen LogP contribution is -2.34. The Morgan fingerprint density at radius 3 is 2.06 bits per heavy atom. The number of alkyl halides is 6. The lowest BCUT2D eigenvalue weighted by atomic mass is 9.82. The summed E-state index contributed by atoms with van der Waals surface area (Å²) in [4.78, 5) is 0. The Balaban J connectivity index is 2.90. The molecule has 1 aliphatic carbocycles. The maximum Gasteiger partial charge on any atom is 0.395 e. The Morgan fingerprint density at radius 1 is 1.12 bits per heavy atom. The van der Waals surface area contributed by atoms with Crippen LogP contribution >= 0.6 is 0 Å². The molecular formula is C9H10F6O. The molecule has 0 aromatic heterocycles. The molecule has 16 heavy (non-hydrogen) atoms. The number of rotatable bonds is 1. The van der Waals surface area contributed by atoms with Crippen LogP contribution in [0.25, 0.3) is 0 Å². The Bertz CT molecular complexity index is 277. The third kappa shape index (κ3) is 3.13. The van der Waals surface area contributed by atoms with Gasteiger partial charge in [-0.3, -0.25) is 0 Å².